The van der Waals surface area contributed by atoms with E-state index in [0.717, 1.165) is 13.1 Å². The fourth-order valence-electron chi connectivity index (χ4n) is 1.84. The second-order valence-electron chi connectivity index (χ2n) is 5.18. The first-order valence-electron chi connectivity index (χ1n) is 7.10. The molecular weight excluding hydrogens is 212 g/mol. The highest BCUT2D eigenvalue weighted by Gasteiger charge is 2.07. The fourth-order valence-corrected chi connectivity index (χ4v) is 1.84. The van der Waals surface area contributed by atoms with Crippen molar-refractivity contribution in [1.29, 1.82) is 0 Å². The maximum atomic E-state index is 11.5. The third-order valence-electron chi connectivity index (χ3n) is 2.77. The number of carbonyl (C=O) groups excluding carboxylic acids is 1. The highest BCUT2D eigenvalue weighted by molar-refractivity contribution is 5.76. The van der Waals surface area contributed by atoms with Crippen molar-refractivity contribution in [2.24, 2.45) is 5.92 Å². The molecule has 0 aromatic heterocycles. The number of amides is 1. The molecule has 0 bridgehead atoms. The molecular formula is C14H30N2O. The van der Waals surface area contributed by atoms with Gasteiger partial charge in [0.15, 0.2) is 0 Å². The van der Waals surface area contributed by atoms with Gasteiger partial charge in [-0.3, -0.25) is 4.79 Å². The van der Waals surface area contributed by atoms with Gasteiger partial charge in [0.2, 0.25) is 5.91 Å². The predicted octanol–water partition coefficient (Wildman–Crippen LogP) is 2.71. The van der Waals surface area contributed by atoms with E-state index in [1.165, 1.54) is 25.7 Å². The second-order valence-corrected chi connectivity index (χ2v) is 5.18. The Kier molecular flexibility index (Phi) is 10.2. The van der Waals surface area contributed by atoms with Gasteiger partial charge in [0.05, 0.1) is 0 Å². The molecule has 0 unspecified atom stereocenters. The van der Waals surface area contributed by atoms with Crippen molar-refractivity contribution in [1.82, 2.24) is 10.6 Å². The smallest absolute Gasteiger partial charge is 0.221 e. The molecule has 102 valence electrons. The van der Waals surface area contributed by atoms with Crippen molar-refractivity contribution < 1.29 is 4.79 Å². The SMILES string of the molecule is CCCC(CCC)NCCC(=O)NCC(C)C. The van der Waals surface area contributed by atoms with Crippen LogP contribution in [0, 0.1) is 5.92 Å². The van der Waals surface area contributed by atoms with Crippen molar-refractivity contribution in [3.63, 3.8) is 0 Å². The minimum Gasteiger partial charge on any atom is -0.356 e. The monoisotopic (exact) mass is 242 g/mol. The topological polar surface area (TPSA) is 41.1 Å². The minimum absolute atomic E-state index is 0.165. The molecule has 2 N–H and O–H groups in total. The first-order chi connectivity index (χ1) is 8.10. The van der Waals surface area contributed by atoms with Crippen LogP contribution in [0.15, 0.2) is 0 Å². The summed E-state index contributed by atoms with van der Waals surface area (Å²) < 4.78 is 0. The molecule has 1 amide bonds. The van der Waals surface area contributed by atoms with E-state index in [0.29, 0.717) is 18.4 Å². The molecule has 0 saturated carbocycles. The van der Waals surface area contributed by atoms with Crippen molar-refractivity contribution in [3.05, 3.63) is 0 Å². The van der Waals surface area contributed by atoms with Gasteiger partial charge in [-0.1, -0.05) is 40.5 Å². The maximum Gasteiger partial charge on any atom is 0.221 e. The summed E-state index contributed by atoms with van der Waals surface area (Å²) >= 11 is 0. The van der Waals surface area contributed by atoms with Gasteiger partial charge in [0.25, 0.3) is 0 Å². The van der Waals surface area contributed by atoms with E-state index in [1.807, 2.05) is 0 Å². The van der Waals surface area contributed by atoms with Crippen LogP contribution >= 0.6 is 0 Å². The molecule has 0 radical (unpaired) electrons. The molecule has 0 aliphatic carbocycles. The summed E-state index contributed by atoms with van der Waals surface area (Å²) in [7, 11) is 0. The van der Waals surface area contributed by atoms with Gasteiger partial charge in [-0.2, -0.15) is 0 Å². The first-order valence-corrected chi connectivity index (χ1v) is 7.10. The molecule has 0 spiro atoms. The van der Waals surface area contributed by atoms with Gasteiger partial charge in [-0.15, -0.1) is 0 Å². The lowest BCUT2D eigenvalue weighted by Crippen LogP contribution is -2.34. The number of nitrogens with one attached hydrogen (secondary N) is 2. The lowest BCUT2D eigenvalue weighted by atomic mass is 10.1. The fraction of sp³-hybridized carbons (Fsp3) is 0.929. The first kappa shape index (κ1) is 16.4. The molecule has 0 aromatic carbocycles. The highest BCUT2D eigenvalue weighted by atomic mass is 16.1. The Morgan fingerprint density at radius 2 is 1.71 bits per heavy atom. The normalized spacial score (nSPS) is 11.2. The third-order valence-corrected chi connectivity index (χ3v) is 2.77. The minimum atomic E-state index is 0.165. The zero-order valence-electron chi connectivity index (χ0n) is 12.0. The van der Waals surface area contributed by atoms with E-state index < -0.39 is 0 Å². The van der Waals surface area contributed by atoms with Gasteiger partial charge in [-0.25, -0.2) is 0 Å². The third kappa shape index (κ3) is 10.3. The quantitative estimate of drug-likeness (QED) is 0.618. The van der Waals surface area contributed by atoms with Crippen LogP contribution in [0.3, 0.4) is 0 Å². The van der Waals surface area contributed by atoms with Gasteiger partial charge < -0.3 is 10.6 Å². The number of carbonyl (C=O) groups is 1. The van der Waals surface area contributed by atoms with E-state index in [1.54, 1.807) is 0 Å². The average molecular weight is 242 g/mol. The molecule has 0 fully saturated rings. The molecule has 0 aliphatic heterocycles. The van der Waals surface area contributed by atoms with E-state index in [4.69, 9.17) is 0 Å². The Labute approximate surface area is 107 Å². The Morgan fingerprint density at radius 3 is 2.18 bits per heavy atom. The number of hydrogen-bond acceptors (Lipinski definition) is 2. The number of rotatable bonds is 10. The largest absolute Gasteiger partial charge is 0.356 e. The summed E-state index contributed by atoms with van der Waals surface area (Å²) in [6, 6.07) is 0.586. The van der Waals surface area contributed by atoms with Gasteiger partial charge >= 0.3 is 0 Å². The summed E-state index contributed by atoms with van der Waals surface area (Å²) in [5.74, 6) is 0.692. The van der Waals surface area contributed by atoms with Crippen molar-refractivity contribution >= 4 is 5.91 Å². The Hall–Kier alpha value is -0.570. The molecule has 0 rings (SSSR count). The van der Waals surface area contributed by atoms with Crippen molar-refractivity contribution in [3.8, 4) is 0 Å². The molecule has 3 heteroatoms. The van der Waals surface area contributed by atoms with Gasteiger partial charge in [0, 0.05) is 25.6 Å². The predicted molar refractivity (Wildman–Crippen MR) is 74.1 cm³/mol. The molecule has 0 atom stereocenters. The van der Waals surface area contributed by atoms with Crippen LogP contribution in [0.4, 0.5) is 0 Å². The van der Waals surface area contributed by atoms with Crippen LogP contribution in [0.2, 0.25) is 0 Å². The lowest BCUT2D eigenvalue weighted by molar-refractivity contribution is -0.121. The lowest BCUT2D eigenvalue weighted by Gasteiger charge is -2.17. The van der Waals surface area contributed by atoms with Crippen LogP contribution in [-0.4, -0.2) is 25.0 Å². The summed E-state index contributed by atoms with van der Waals surface area (Å²) in [6.07, 6.45) is 5.42. The maximum absolute atomic E-state index is 11.5. The van der Waals surface area contributed by atoms with Crippen LogP contribution in [-0.2, 0) is 4.79 Å². The van der Waals surface area contributed by atoms with Crippen LogP contribution < -0.4 is 10.6 Å². The van der Waals surface area contributed by atoms with Crippen molar-refractivity contribution in [2.75, 3.05) is 13.1 Å². The Balaban J connectivity index is 3.61. The molecule has 3 nitrogen and oxygen atoms in total. The van der Waals surface area contributed by atoms with E-state index in [2.05, 4.69) is 38.3 Å². The zero-order valence-corrected chi connectivity index (χ0v) is 12.0. The van der Waals surface area contributed by atoms with Crippen LogP contribution in [0.1, 0.15) is 59.8 Å². The Bertz CT molecular complexity index is 187. The van der Waals surface area contributed by atoms with E-state index >= 15 is 0 Å². The van der Waals surface area contributed by atoms with Crippen LogP contribution in [0.25, 0.3) is 0 Å². The van der Waals surface area contributed by atoms with Crippen LogP contribution in [0.5, 0.6) is 0 Å². The summed E-state index contributed by atoms with van der Waals surface area (Å²) in [5.41, 5.74) is 0. The standard InChI is InChI=1S/C14H30N2O/c1-5-7-13(8-6-2)15-10-9-14(17)16-11-12(3)4/h12-13,15H,5-11H2,1-4H3,(H,16,17). The zero-order chi connectivity index (χ0) is 13.1. The summed E-state index contributed by atoms with van der Waals surface area (Å²) in [5, 5.41) is 6.42. The van der Waals surface area contributed by atoms with Crippen molar-refractivity contribution in [2.45, 2.75) is 65.8 Å². The average Bonchev–Trinajstić information content (AvgIpc) is 2.27. The highest BCUT2D eigenvalue weighted by Crippen LogP contribution is 2.04. The van der Waals surface area contributed by atoms with E-state index in [9.17, 15) is 4.79 Å². The Morgan fingerprint density at radius 1 is 1.12 bits per heavy atom. The molecule has 0 saturated heterocycles. The van der Waals surface area contributed by atoms with E-state index in [-0.39, 0.29) is 5.91 Å². The molecule has 0 aliphatic rings. The molecule has 0 heterocycles. The summed E-state index contributed by atoms with van der Waals surface area (Å²) in [6.45, 7) is 10.2. The summed E-state index contributed by atoms with van der Waals surface area (Å²) in [4.78, 5) is 11.5. The number of hydrogen-bond donors (Lipinski definition) is 2. The van der Waals surface area contributed by atoms with Gasteiger partial charge in [0.1, 0.15) is 0 Å². The van der Waals surface area contributed by atoms with Gasteiger partial charge in [-0.05, 0) is 18.8 Å². The molecule has 17 heavy (non-hydrogen) atoms. The second kappa shape index (κ2) is 10.6. The molecule has 0 aromatic rings.